The lowest BCUT2D eigenvalue weighted by molar-refractivity contribution is -0.154. The maximum Gasteiger partial charge on any atom is 0.309 e. The molecule has 8 heteroatoms. The Bertz CT molecular complexity index is 938. The number of rotatable bonds is 4. The van der Waals surface area contributed by atoms with E-state index >= 15 is 0 Å². The molecule has 4 N–H and O–H groups in total. The molecule has 1 saturated heterocycles. The summed E-state index contributed by atoms with van der Waals surface area (Å²) in [5.41, 5.74) is 5.74. The fourth-order valence-corrected chi connectivity index (χ4v) is 4.86. The minimum Gasteiger partial charge on any atom is -0.458 e. The summed E-state index contributed by atoms with van der Waals surface area (Å²) < 4.78 is 11.8. The number of carbonyl (C=O) groups excluding carboxylic acids is 2. The minimum absolute atomic E-state index is 0.131. The number of carbonyl (C=O) groups is 2. The molecule has 0 aromatic heterocycles. The van der Waals surface area contributed by atoms with E-state index in [2.05, 4.69) is 6.58 Å². The molecule has 2 unspecified atom stereocenters. The van der Waals surface area contributed by atoms with Gasteiger partial charge in [-0.1, -0.05) is 46.4 Å². The number of thioether (sulfide) groups is 1. The number of ether oxygens (including phenoxy) is 2. The van der Waals surface area contributed by atoms with Gasteiger partial charge in [0.05, 0.1) is 35.7 Å². The minimum atomic E-state index is -1.27. The first-order chi connectivity index (χ1) is 16.6. The van der Waals surface area contributed by atoms with Gasteiger partial charge in [-0.3, -0.25) is 9.59 Å². The fraction of sp³-hybridized carbons (Fsp3) is 0.643. The number of hydrogen-bond donors (Lipinski definition) is 3. The number of allylic oxidation sites excluding steroid dienone is 2. The molecule has 0 aromatic carbocycles. The van der Waals surface area contributed by atoms with Crippen molar-refractivity contribution >= 4 is 23.5 Å². The van der Waals surface area contributed by atoms with Crippen LogP contribution in [0.25, 0.3) is 0 Å². The van der Waals surface area contributed by atoms with Crippen LogP contribution in [0.4, 0.5) is 0 Å². The number of aliphatic hydroxyl groups excluding tert-OH is 2. The molecule has 2 aliphatic rings. The molecular weight excluding hydrogens is 478 g/mol. The zero-order valence-corrected chi connectivity index (χ0v) is 23.4. The van der Waals surface area contributed by atoms with E-state index in [0.717, 1.165) is 10.5 Å². The molecular formula is C28H43NO6S. The summed E-state index contributed by atoms with van der Waals surface area (Å²) in [6, 6.07) is 0. The summed E-state index contributed by atoms with van der Waals surface area (Å²) in [6.45, 7) is 16.3. The number of esters is 1. The fourth-order valence-electron chi connectivity index (χ4n) is 4.46. The van der Waals surface area contributed by atoms with Crippen molar-refractivity contribution in [3.05, 3.63) is 46.4 Å². The van der Waals surface area contributed by atoms with Crippen LogP contribution in [0.15, 0.2) is 46.4 Å². The van der Waals surface area contributed by atoms with Crippen LogP contribution in [0.2, 0.25) is 0 Å². The van der Waals surface area contributed by atoms with E-state index in [0.29, 0.717) is 18.5 Å². The summed E-state index contributed by atoms with van der Waals surface area (Å²) >= 11 is 1.41. The average molecular weight is 522 g/mol. The first-order valence-corrected chi connectivity index (χ1v) is 13.4. The van der Waals surface area contributed by atoms with Crippen LogP contribution < -0.4 is 5.73 Å². The summed E-state index contributed by atoms with van der Waals surface area (Å²) in [5, 5.41) is 23.4. The number of nitrogens with two attached hydrogens (primary N) is 1. The monoisotopic (exact) mass is 521 g/mol. The molecule has 7 nitrogen and oxygen atoms in total. The van der Waals surface area contributed by atoms with Crippen molar-refractivity contribution in [1.82, 2.24) is 0 Å². The second kappa shape index (κ2) is 12.1. The van der Waals surface area contributed by atoms with Crippen LogP contribution in [0, 0.1) is 17.3 Å². The van der Waals surface area contributed by atoms with Gasteiger partial charge in [0.2, 0.25) is 0 Å². The molecule has 0 saturated carbocycles. The zero-order valence-electron chi connectivity index (χ0n) is 22.6. The van der Waals surface area contributed by atoms with Crippen LogP contribution >= 0.6 is 11.8 Å². The zero-order chi connectivity index (χ0) is 27.4. The first-order valence-electron chi connectivity index (χ1n) is 12.5. The van der Waals surface area contributed by atoms with Crippen molar-refractivity contribution in [2.75, 3.05) is 0 Å². The number of aliphatic hydroxyl groups is 2. The standard InChI is InChI=1S/C28H43NO6S/c1-16(2)36-15-20(29)12-18(4)21-13-23-28(8,35-23)11-9-10-17(3)25(32)19(5)26(33)27(6,7)22(30)14-24(31)34-21/h9-10,12,15,17,19,21-23,25,30,32H,1,11,13-14,29H2,2-8H3/b10-9+,18-12+,20-15-/t17-,19+,21-,22-,23?,25-,28?/m0/s1. The third-order valence-electron chi connectivity index (χ3n) is 7.29. The predicted molar refractivity (Wildman–Crippen MR) is 144 cm³/mol. The summed E-state index contributed by atoms with van der Waals surface area (Å²) in [5.74, 6) is -1.90. The Balaban J connectivity index is 2.36. The van der Waals surface area contributed by atoms with Crippen molar-refractivity contribution in [2.45, 2.75) is 97.7 Å². The van der Waals surface area contributed by atoms with Gasteiger partial charge in [-0.25, -0.2) is 0 Å². The SMILES string of the molecule is C=C(C)S/C=C(N)/C=C(\C)[C@@H]1CC2OC2(C)C/C=C/[C@H](C)[C@H](O)[C@@H](C)C(=O)C(C)(C)[C@@H](O)CC(=O)O1. The number of hydrogen-bond acceptors (Lipinski definition) is 8. The first kappa shape index (κ1) is 30.4. The van der Waals surface area contributed by atoms with Gasteiger partial charge in [-0.2, -0.15) is 0 Å². The number of cyclic esters (lactones) is 1. The van der Waals surface area contributed by atoms with Gasteiger partial charge in [-0.15, -0.1) is 11.8 Å². The van der Waals surface area contributed by atoms with Crippen LogP contribution in [-0.4, -0.2) is 52.0 Å². The number of Topliss-reactive ketones (excluding diaryl/α,β-unsaturated/α-hetero) is 1. The number of ketones is 1. The molecule has 202 valence electrons. The molecule has 36 heavy (non-hydrogen) atoms. The summed E-state index contributed by atoms with van der Waals surface area (Å²) in [4.78, 5) is 27.0. The lowest BCUT2D eigenvalue weighted by atomic mass is 9.73. The molecule has 7 atom stereocenters. The van der Waals surface area contributed by atoms with Gasteiger partial charge in [0.1, 0.15) is 11.9 Å². The highest BCUT2D eigenvalue weighted by Gasteiger charge is 2.52. The van der Waals surface area contributed by atoms with Crippen molar-refractivity contribution in [3.8, 4) is 0 Å². The van der Waals surface area contributed by atoms with Gasteiger partial charge in [0, 0.05) is 24.0 Å². The van der Waals surface area contributed by atoms with Gasteiger partial charge in [-0.05, 0) is 49.2 Å². The Morgan fingerprint density at radius 2 is 1.86 bits per heavy atom. The normalized spacial score (nSPS) is 37.6. The molecule has 0 bridgehead atoms. The van der Waals surface area contributed by atoms with E-state index in [1.807, 2.05) is 39.8 Å². The lowest BCUT2D eigenvalue weighted by Crippen LogP contribution is -2.45. The van der Waals surface area contributed by atoms with Gasteiger partial charge in [0.15, 0.2) is 0 Å². The Hall–Kier alpha value is -1.87. The van der Waals surface area contributed by atoms with E-state index in [9.17, 15) is 19.8 Å². The van der Waals surface area contributed by atoms with E-state index in [1.54, 1.807) is 32.3 Å². The van der Waals surface area contributed by atoms with Crippen molar-refractivity contribution in [2.24, 2.45) is 23.0 Å². The molecule has 0 amide bonds. The molecule has 2 rings (SSSR count). The maximum absolute atomic E-state index is 13.2. The molecule has 2 heterocycles. The third kappa shape index (κ3) is 7.81. The van der Waals surface area contributed by atoms with E-state index < -0.39 is 41.2 Å². The van der Waals surface area contributed by atoms with Gasteiger partial charge in [0.25, 0.3) is 0 Å². The smallest absolute Gasteiger partial charge is 0.309 e. The summed E-state index contributed by atoms with van der Waals surface area (Å²) in [6.07, 6.45) is 3.44. The molecule has 1 fully saturated rings. The van der Waals surface area contributed by atoms with Crippen LogP contribution in [0.3, 0.4) is 0 Å². The Morgan fingerprint density at radius 1 is 1.22 bits per heavy atom. The summed E-state index contributed by atoms with van der Waals surface area (Å²) in [7, 11) is 0. The lowest BCUT2D eigenvalue weighted by Gasteiger charge is -2.34. The van der Waals surface area contributed by atoms with Gasteiger partial charge < -0.3 is 25.4 Å². The van der Waals surface area contributed by atoms with E-state index in [4.69, 9.17) is 15.2 Å². The van der Waals surface area contributed by atoms with Crippen molar-refractivity contribution in [1.29, 1.82) is 0 Å². The van der Waals surface area contributed by atoms with E-state index in [1.165, 1.54) is 11.8 Å². The van der Waals surface area contributed by atoms with Crippen molar-refractivity contribution in [3.63, 3.8) is 0 Å². The highest BCUT2D eigenvalue weighted by atomic mass is 32.2. The highest BCUT2D eigenvalue weighted by Crippen LogP contribution is 2.44. The second-order valence-electron chi connectivity index (χ2n) is 11.0. The molecule has 0 radical (unpaired) electrons. The maximum atomic E-state index is 13.2. The second-order valence-corrected chi connectivity index (χ2v) is 12.2. The molecule has 2 aliphatic heterocycles. The van der Waals surface area contributed by atoms with Crippen LogP contribution in [0.5, 0.6) is 0 Å². The predicted octanol–water partition coefficient (Wildman–Crippen LogP) is 4.40. The Labute approximate surface area is 219 Å². The van der Waals surface area contributed by atoms with Crippen LogP contribution in [0.1, 0.15) is 67.7 Å². The highest BCUT2D eigenvalue weighted by molar-refractivity contribution is 8.05. The van der Waals surface area contributed by atoms with Crippen molar-refractivity contribution < 1.29 is 29.3 Å². The Morgan fingerprint density at radius 3 is 2.47 bits per heavy atom. The van der Waals surface area contributed by atoms with Crippen LogP contribution in [-0.2, 0) is 19.1 Å². The molecule has 0 aromatic rings. The van der Waals surface area contributed by atoms with Gasteiger partial charge >= 0.3 is 5.97 Å². The molecule has 0 spiro atoms. The number of epoxide rings is 1. The topological polar surface area (TPSA) is 122 Å². The Kier molecular flexibility index (Phi) is 10.2. The largest absolute Gasteiger partial charge is 0.458 e. The quantitative estimate of drug-likeness (QED) is 0.215. The molecule has 0 aliphatic carbocycles. The average Bonchev–Trinajstić information content (AvgIpc) is 3.43. The van der Waals surface area contributed by atoms with E-state index in [-0.39, 0.29) is 24.2 Å². The number of fused-ring (bicyclic) bond motifs is 1. The third-order valence-corrected chi connectivity index (χ3v) is 8.08.